The smallest absolute Gasteiger partial charge is 0.220 e. The second-order valence-electron chi connectivity index (χ2n) is 5.81. The van der Waals surface area contributed by atoms with Gasteiger partial charge in [-0.15, -0.1) is 0 Å². The largest absolute Gasteiger partial charge is 0.493 e. The van der Waals surface area contributed by atoms with Gasteiger partial charge in [0, 0.05) is 18.6 Å². The summed E-state index contributed by atoms with van der Waals surface area (Å²) in [6.07, 6.45) is 3.81. The summed E-state index contributed by atoms with van der Waals surface area (Å²) in [6.45, 7) is 0. The van der Waals surface area contributed by atoms with Crippen LogP contribution in [0.4, 0.5) is 10.1 Å². The first-order valence-corrected chi connectivity index (χ1v) is 9.53. The van der Waals surface area contributed by atoms with Crippen molar-refractivity contribution in [2.24, 2.45) is 11.4 Å². The Labute approximate surface area is 139 Å². The van der Waals surface area contributed by atoms with Crippen LogP contribution in [0.3, 0.4) is 0 Å². The Morgan fingerprint density at radius 1 is 1.29 bits per heavy atom. The number of carbonyl (C=O) groups is 1. The molecule has 3 rings (SSSR count). The first-order valence-electron chi connectivity index (χ1n) is 7.68. The third kappa shape index (κ3) is 3.06. The van der Waals surface area contributed by atoms with Gasteiger partial charge in [0.1, 0.15) is 11.3 Å². The molecule has 0 atom stereocenters. The second-order valence-corrected chi connectivity index (χ2v) is 8.35. The first kappa shape index (κ1) is 16.6. The molecule has 0 radical (unpaired) electrons. The molecule has 1 N–H and O–H groups in total. The fourth-order valence-corrected chi connectivity index (χ4v) is 4.90. The fourth-order valence-electron chi connectivity index (χ4n) is 2.71. The standard InChI is InChI=1S/C16H18FN3O3S/c1-20-16(22)12(10-18-20)15(21)11-6-5-7-13(14(11)17)19-24(23)8-3-2-4-9-24/h5-7,10,22H,2-4,8-9H2,1H3. The van der Waals surface area contributed by atoms with E-state index < -0.39 is 21.3 Å². The maximum absolute atomic E-state index is 14.7. The third-order valence-corrected chi connectivity index (χ3v) is 6.45. The lowest BCUT2D eigenvalue weighted by molar-refractivity contribution is 0.103. The molecule has 0 bridgehead atoms. The second kappa shape index (κ2) is 6.35. The fraction of sp³-hybridized carbons (Fsp3) is 0.375. The van der Waals surface area contributed by atoms with Crippen LogP contribution >= 0.6 is 0 Å². The summed E-state index contributed by atoms with van der Waals surface area (Å²) in [5, 5.41) is 13.6. The Morgan fingerprint density at radius 2 is 2.00 bits per heavy atom. The van der Waals surface area contributed by atoms with Gasteiger partial charge in [-0.2, -0.15) is 9.46 Å². The molecule has 8 heteroatoms. The van der Waals surface area contributed by atoms with E-state index in [-0.39, 0.29) is 22.7 Å². The Balaban J connectivity index is 2.03. The zero-order chi connectivity index (χ0) is 17.3. The van der Waals surface area contributed by atoms with Crippen molar-refractivity contribution in [1.29, 1.82) is 0 Å². The highest BCUT2D eigenvalue weighted by Gasteiger charge is 2.23. The van der Waals surface area contributed by atoms with Crippen LogP contribution in [0.2, 0.25) is 0 Å². The molecular weight excluding hydrogens is 333 g/mol. The number of carbonyl (C=O) groups excluding carboxylic acids is 1. The van der Waals surface area contributed by atoms with Gasteiger partial charge in [0.15, 0.2) is 5.82 Å². The van der Waals surface area contributed by atoms with Crippen LogP contribution in [0.25, 0.3) is 0 Å². The van der Waals surface area contributed by atoms with Gasteiger partial charge in [0.2, 0.25) is 11.7 Å². The lowest BCUT2D eigenvalue weighted by Gasteiger charge is -2.15. The van der Waals surface area contributed by atoms with E-state index in [0.717, 1.165) is 23.9 Å². The van der Waals surface area contributed by atoms with Crippen LogP contribution in [0.5, 0.6) is 5.88 Å². The maximum atomic E-state index is 14.7. The van der Waals surface area contributed by atoms with Gasteiger partial charge in [-0.05, 0) is 25.0 Å². The topological polar surface area (TPSA) is 84.5 Å². The zero-order valence-corrected chi connectivity index (χ0v) is 14.1. The van der Waals surface area contributed by atoms with Gasteiger partial charge >= 0.3 is 0 Å². The average molecular weight is 351 g/mol. The Hall–Kier alpha value is -2.22. The van der Waals surface area contributed by atoms with E-state index in [9.17, 15) is 18.5 Å². The van der Waals surface area contributed by atoms with Crippen molar-refractivity contribution in [3.05, 3.63) is 41.3 Å². The van der Waals surface area contributed by atoms with Crippen molar-refractivity contribution >= 4 is 21.2 Å². The van der Waals surface area contributed by atoms with E-state index >= 15 is 0 Å². The Kier molecular flexibility index (Phi) is 4.40. The van der Waals surface area contributed by atoms with Crippen molar-refractivity contribution in [3.8, 4) is 5.88 Å². The molecular formula is C16H18FN3O3S. The van der Waals surface area contributed by atoms with Gasteiger partial charge in [-0.25, -0.2) is 13.3 Å². The van der Waals surface area contributed by atoms with Crippen LogP contribution in [0, 0.1) is 5.82 Å². The molecule has 0 saturated carbocycles. The van der Waals surface area contributed by atoms with Crippen molar-refractivity contribution < 1.29 is 18.5 Å². The van der Waals surface area contributed by atoms with E-state index in [1.165, 1.54) is 31.4 Å². The number of aromatic nitrogens is 2. The molecule has 0 amide bonds. The lowest BCUT2D eigenvalue weighted by Crippen LogP contribution is -2.16. The average Bonchev–Trinajstić information content (AvgIpc) is 2.89. The number of hydrogen-bond acceptors (Lipinski definition) is 5. The molecule has 128 valence electrons. The Morgan fingerprint density at radius 3 is 2.62 bits per heavy atom. The molecule has 1 aliphatic heterocycles. The van der Waals surface area contributed by atoms with Crippen LogP contribution in [0.1, 0.15) is 35.2 Å². The van der Waals surface area contributed by atoms with Gasteiger partial charge in [0.05, 0.1) is 21.5 Å². The predicted octanol–water partition coefficient (Wildman–Crippen LogP) is 2.78. The molecule has 1 aliphatic rings. The highest BCUT2D eigenvalue weighted by Crippen LogP contribution is 2.28. The number of hydrogen-bond donors (Lipinski definition) is 1. The number of halogens is 1. The number of rotatable bonds is 3. The Bertz CT molecular complexity index is 901. The molecule has 1 aromatic carbocycles. The molecule has 1 fully saturated rings. The summed E-state index contributed by atoms with van der Waals surface area (Å²) < 4.78 is 32.6. The van der Waals surface area contributed by atoms with Crippen LogP contribution in [-0.2, 0) is 16.8 Å². The minimum absolute atomic E-state index is 0.0730. The van der Waals surface area contributed by atoms with E-state index in [2.05, 4.69) is 9.46 Å². The van der Waals surface area contributed by atoms with E-state index in [0.29, 0.717) is 11.5 Å². The molecule has 0 spiro atoms. The summed E-state index contributed by atoms with van der Waals surface area (Å²) in [7, 11) is -0.995. The van der Waals surface area contributed by atoms with E-state index in [1.807, 2.05) is 0 Å². The van der Waals surface area contributed by atoms with Crippen molar-refractivity contribution in [2.45, 2.75) is 19.3 Å². The van der Waals surface area contributed by atoms with Crippen molar-refractivity contribution in [3.63, 3.8) is 0 Å². The number of ketones is 1. The minimum atomic E-state index is -2.47. The molecule has 1 saturated heterocycles. The van der Waals surface area contributed by atoms with Crippen LogP contribution < -0.4 is 0 Å². The van der Waals surface area contributed by atoms with E-state index in [4.69, 9.17) is 0 Å². The summed E-state index contributed by atoms with van der Waals surface area (Å²) in [5.74, 6) is -0.935. The number of aryl methyl sites for hydroxylation is 1. The minimum Gasteiger partial charge on any atom is -0.493 e. The van der Waals surface area contributed by atoms with Gasteiger partial charge < -0.3 is 5.11 Å². The first-order chi connectivity index (χ1) is 11.4. The summed E-state index contributed by atoms with van der Waals surface area (Å²) in [5.41, 5.74) is -0.384. The highest BCUT2D eigenvalue weighted by atomic mass is 32.2. The molecule has 2 heterocycles. The number of nitrogens with zero attached hydrogens (tertiary/aromatic N) is 3. The molecule has 6 nitrogen and oxygen atoms in total. The van der Waals surface area contributed by atoms with Crippen LogP contribution in [-0.4, -0.2) is 36.4 Å². The monoisotopic (exact) mass is 351 g/mol. The SMILES string of the molecule is Cn1ncc(C(=O)c2cccc(N=S3(=O)CCCCC3)c2F)c1O. The normalized spacial score (nSPS) is 16.8. The van der Waals surface area contributed by atoms with Crippen molar-refractivity contribution in [2.75, 3.05) is 11.5 Å². The van der Waals surface area contributed by atoms with Crippen molar-refractivity contribution in [1.82, 2.24) is 9.78 Å². The van der Waals surface area contributed by atoms with Gasteiger partial charge in [-0.3, -0.25) is 4.79 Å². The number of aromatic hydroxyl groups is 1. The maximum Gasteiger partial charge on any atom is 0.220 e. The summed E-state index contributed by atoms with van der Waals surface area (Å²) >= 11 is 0. The van der Waals surface area contributed by atoms with E-state index in [1.54, 1.807) is 0 Å². The number of benzene rings is 1. The van der Waals surface area contributed by atoms with Gasteiger partial charge in [0.25, 0.3) is 0 Å². The third-order valence-electron chi connectivity index (χ3n) is 4.07. The molecule has 0 unspecified atom stereocenters. The molecule has 2 aromatic rings. The predicted molar refractivity (Wildman–Crippen MR) is 88.5 cm³/mol. The van der Waals surface area contributed by atoms with Gasteiger partial charge in [-0.1, -0.05) is 12.5 Å². The highest BCUT2D eigenvalue weighted by molar-refractivity contribution is 7.93. The molecule has 0 aliphatic carbocycles. The molecule has 24 heavy (non-hydrogen) atoms. The quantitative estimate of drug-likeness (QED) is 0.862. The molecule has 1 aromatic heterocycles. The lowest BCUT2D eigenvalue weighted by atomic mass is 10.0. The summed E-state index contributed by atoms with van der Waals surface area (Å²) in [6, 6.07) is 4.22. The summed E-state index contributed by atoms with van der Waals surface area (Å²) in [4.78, 5) is 12.5. The zero-order valence-electron chi connectivity index (χ0n) is 13.2. The van der Waals surface area contributed by atoms with Crippen LogP contribution in [0.15, 0.2) is 28.8 Å².